The topological polar surface area (TPSA) is 112 Å². The van der Waals surface area contributed by atoms with Crippen LogP contribution in [0.1, 0.15) is 32.1 Å². The highest BCUT2D eigenvalue weighted by Gasteiger charge is 2.33. The molecule has 152 valence electrons. The molecule has 0 radical (unpaired) electrons. The number of aliphatic hydroxyl groups is 2. The van der Waals surface area contributed by atoms with E-state index in [1.165, 1.54) is 14.2 Å². The minimum absolute atomic E-state index is 0.0316. The third-order valence-electron chi connectivity index (χ3n) is 4.75. The number of rotatable bonds is 10. The van der Waals surface area contributed by atoms with E-state index in [0.29, 0.717) is 26.1 Å². The fraction of sp³-hybridized carbons (Fsp3) is 0.684. The van der Waals surface area contributed by atoms with Gasteiger partial charge in [0.25, 0.3) is 0 Å². The van der Waals surface area contributed by atoms with Crippen LogP contribution in [-0.2, 0) is 28.5 Å². The number of allylic oxidation sites excluding steroid dienone is 4. The molecule has 0 amide bonds. The number of methoxy groups -OCH3 is 2. The lowest BCUT2D eigenvalue weighted by molar-refractivity contribution is -0.119. The Bertz CT molecular complexity index is 555. The Kier molecular flexibility index (Phi) is 8.43. The summed E-state index contributed by atoms with van der Waals surface area (Å²) in [6, 6.07) is 0. The van der Waals surface area contributed by atoms with Gasteiger partial charge in [0.05, 0.1) is 24.7 Å². The zero-order valence-electron chi connectivity index (χ0n) is 15.9. The van der Waals surface area contributed by atoms with Crippen LogP contribution in [0.3, 0.4) is 0 Å². The molecule has 0 aromatic carbocycles. The number of carbonyl (C=O) groups excluding carboxylic acids is 2. The van der Waals surface area contributed by atoms with E-state index in [0.717, 1.165) is 0 Å². The summed E-state index contributed by atoms with van der Waals surface area (Å²) in [4.78, 5) is 24.8. The van der Waals surface area contributed by atoms with Gasteiger partial charge in [-0.15, -0.1) is 0 Å². The predicted molar refractivity (Wildman–Crippen MR) is 95.0 cm³/mol. The van der Waals surface area contributed by atoms with Crippen LogP contribution in [0.5, 0.6) is 0 Å². The van der Waals surface area contributed by atoms with Crippen LogP contribution >= 0.6 is 0 Å². The minimum Gasteiger partial charge on any atom is -0.512 e. The second-order valence-electron chi connectivity index (χ2n) is 6.98. The number of ether oxygens (including phenoxy) is 4. The Morgan fingerprint density at radius 3 is 1.52 bits per heavy atom. The molecule has 0 bridgehead atoms. The van der Waals surface area contributed by atoms with Gasteiger partial charge in [-0.05, 0) is 11.8 Å². The average Bonchev–Trinajstić information content (AvgIpc) is 2.60. The molecular formula is C19H28O8. The molecule has 2 rings (SSSR count). The van der Waals surface area contributed by atoms with Crippen molar-refractivity contribution in [1.29, 1.82) is 0 Å². The van der Waals surface area contributed by atoms with E-state index in [1.54, 1.807) is 0 Å². The van der Waals surface area contributed by atoms with Crippen molar-refractivity contribution in [2.75, 3.05) is 41.0 Å². The first-order valence-corrected chi connectivity index (χ1v) is 8.97. The van der Waals surface area contributed by atoms with E-state index in [1.807, 2.05) is 0 Å². The molecule has 2 atom stereocenters. The molecule has 0 aromatic rings. The molecule has 2 aliphatic carbocycles. The second kappa shape index (κ2) is 10.6. The van der Waals surface area contributed by atoms with Gasteiger partial charge in [-0.25, -0.2) is 0 Å². The van der Waals surface area contributed by atoms with Crippen LogP contribution in [0, 0.1) is 11.8 Å². The summed E-state index contributed by atoms with van der Waals surface area (Å²) in [6.07, 6.45) is 1.05. The van der Waals surface area contributed by atoms with Crippen LogP contribution in [-0.4, -0.2) is 62.8 Å². The molecule has 2 N–H and O–H groups in total. The first kappa shape index (κ1) is 21.6. The highest BCUT2D eigenvalue weighted by Crippen LogP contribution is 2.34. The van der Waals surface area contributed by atoms with Crippen molar-refractivity contribution in [2.24, 2.45) is 11.8 Å². The fourth-order valence-electron chi connectivity index (χ4n) is 3.44. The summed E-state index contributed by atoms with van der Waals surface area (Å²) < 4.78 is 20.1. The van der Waals surface area contributed by atoms with Crippen LogP contribution in [0.15, 0.2) is 22.7 Å². The van der Waals surface area contributed by atoms with Crippen molar-refractivity contribution >= 4 is 11.6 Å². The number of hydrogen-bond acceptors (Lipinski definition) is 8. The van der Waals surface area contributed by atoms with Gasteiger partial charge in [-0.1, -0.05) is 0 Å². The van der Waals surface area contributed by atoms with Gasteiger partial charge in [-0.2, -0.15) is 0 Å². The first-order chi connectivity index (χ1) is 13.0. The van der Waals surface area contributed by atoms with E-state index >= 15 is 0 Å². The van der Waals surface area contributed by atoms with Gasteiger partial charge in [0, 0.05) is 57.5 Å². The smallest absolute Gasteiger partial charge is 0.162 e. The Morgan fingerprint density at radius 1 is 0.778 bits per heavy atom. The van der Waals surface area contributed by atoms with Crippen molar-refractivity contribution in [3.63, 3.8) is 0 Å². The number of carbonyl (C=O) groups is 2. The van der Waals surface area contributed by atoms with Crippen molar-refractivity contribution in [2.45, 2.75) is 32.1 Å². The molecule has 2 unspecified atom stereocenters. The lowest BCUT2D eigenvalue weighted by Crippen LogP contribution is -2.27. The molecule has 8 nitrogen and oxygen atoms in total. The number of hydrogen-bond donors (Lipinski definition) is 2. The lowest BCUT2D eigenvalue weighted by atomic mass is 9.80. The van der Waals surface area contributed by atoms with Gasteiger partial charge in [0.2, 0.25) is 0 Å². The maximum absolute atomic E-state index is 12.4. The molecule has 0 fully saturated rings. The fourth-order valence-corrected chi connectivity index (χ4v) is 3.44. The Labute approximate surface area is 158 Å². The van der Waals surface area contributed by atoms with Crippen molar-refractivity contribution in [3.8, 4) is 0 Å². The molecule has 0 aliphatic heterocycles. The van der Waals surface area contributed by atoms with Crippen LogP contribution < -0.4 is 0 Å². The highest BCUT2D eigenvalue weighted by atomic mass is 16.7. The van der Waals surface area contributed by atoms with Gasteiger partial charge < -0.3 is 29.2 Å². The Morgan fingerprint density at radius 2 is 1.19 bits per heavy atom. The predicted octanol–water partition coefficient (Wildman–Crippen LogP) is 2.20. The van der Waals surface area contributed by atoms with Crippen molar-refractivity contribution in [3.05, 3.63) is 22.7 Å². The number of Topliss-reactive ketones (excluding diaryl/α,β-unsaturated/α-hetero) is 2. The summed E-state index contributed by atoms with van der Waals surface area (Å²) in [6.45, 7) is 0.888. The molecule has 0 saturated heterocycles. The second-order valence-corrected chi connectivity index (χ2v) is 6.98. The first-order valence-electron chi connectivity index (χ1n) is 8.97. The summed E-state index contributed by atoms with van der Waals surface area (Å²) in [5.74, 6) is -0.745. The number of ketones is 2. The van der Waals surface area contributed by atoms with Crippen LogP contribution in [0.25, 0.3) is 0 Å². The maximum Gasteiger partial charge on any atom is 0.162 e. The lowest BCUT2D eigenvalue weighted by Gasteiger charge is -2.26. The maximum atomic E-state index is 12.4. The van der Waals surface area contributed by atoms with Gasteiger partial charge >= 0.3 is 0 Å². The molecule has 0 saturated carbocycles. The zero-order valence-corrected chi connectivity index (χ0v) is 15.9. The SMILES string of the molecule is COCOCC1CC(=O)C(CC2=C(O)CC(COCOC)CC2=O)=C(O)C1. The van der Waals surface area contributed by atoms with E-state index in [2.05, 4.69) is 0 Å². The Hall–Kier alpha value is -1.74. The largest absolute Gasteiger partial charge is 0.512 e. The number of aliphatic hydroxyl groups excluding tert-OH is 2. The average molecular weight is 384 g/mol. The van der Waals surface area contributed by atoms with Gasteiger partial charge in [0.15, 0.2) is 11.6 Å². The molecule has 0 heterocycles. The quantitative estimate of drug-likeness (QED) is 0.435. The van der Waals surface area contributed by atoms with E-state index in [4.69, 9.17) is 18.9 Å². The zero-order chi connectivity index (χ0) is 19.8. The molecule has 2 aliphatic rings. The van der Waals surface area contributed by atoms with Crippen molar-refractivity contribution < 1.29 is 38.7 Å². The van der Waals surface area contributed by atoms with Gasteiger partial charge in [0.1, 0.15) is 13.6 Å². The third kappa shape index (κ3) is 6.14. The third-order valence-corrected chi connectivity index (χ3v) is 4.75. The standard InChI is InChI=1S/C19H28O8/c1-24-10-26-8-12-3-16(20)14(17(21)4-12)7-15-18(22)5-13(6-19(15)23)9-27-11-25-2/h12-13,20,22H,3-11H2,1-2H3. The summed E-state index contributed by atoms with van der Waals surface area (Å²) in [5.41, 5.74) is 0.420. The molecular weight excluding hydrogens is 356 g/mol. The molecule has 0 spiro atoms. The summed E-state index contributed by atoms with van der Waals surface area (Å²) in [5, 5.41) is 20.6. The normalized spacial score (nSPS) is 24.1. The minimum atomic E-state index is -0.219. The monoisotopic (exact) mass is 384 g/mol. The van der Waals surface area contributed by atoms with E-state index in [9.17, 15) is 19.8 Å². The van der Waals surface area contributed by atoms with E-state index < -0.39 is 0 Å². The van der Waals surface area contributed by atoms with Crippen LogP contribution in [0.2, 0.25) is 0 Å². The van der Waals surface area contributed by atoms with Crippen molar-refractivity contribution in [1.82, 2.24) is 0 Å². The van der Waals surface area contributed by atoms with E-state index in [-0.39, 0.29) is 78.9 Å². The Balaban J connectivity index is 2.00. The molecule has 27 heavy (non-hydrogen) atoms. The molecule has 8 heteroatoms. The van der Waals surface area contributed by atoms with Crippen LogP contribution in [0.4, 0.5) is 0 Å². The van der Waals surface area contributed by atoms with Gasteiger partial charge in [-0.3, -0.25) is 9.59 Å². The molecule has 0 aromatic heterocycles. The summed E-state index contributed by atoms with van der Waals surface area (Å²) in [7, 11) is 3.02. The highest BCUT2D eigenvalue weighted by molar-refractivity contribution is 6.02. The summed E-state index contributed by atoms with van der Waals surface area (Å²) >= 11 is 0.